The third kappa shape index (κ3) is 1.75. The molecule has 1 amide bonds. The van der Waals surface area contributed by atoms with Gasteiger partial charge in [-0.05, 0) is 19.1 Å². The summed E-state index contributed by atoms with van der Waals surface area (Å²) >= 11 is 0. The van der Waals surface area contributed by atoms with Crippen LogP contribution in [0.4, 0.5) is 0 Å². The molecule has 0 saturated carbocycles. The van der Waals surface area contributed by atoms with Gasteiger partial charge in [0, 0.05) is 25.0 Å². The molecule has 0 aromatic carbocycles. The molecule has 5 heteroatoms. The van der Waals surface area contributed by atoms with Crippen molar-refractivity contribution in [3.63, 3.8) is 0 Å². The summed E-state index contributed by atoms with van der Waals surface area (Å²) in [6.45, 7) is 4.51. The molecule has 0 fully saturated rings. The average molecular weight is 248 g/mol. The van der Waals surface area contributed by atoms with Gasteiger partial charge in [0.05, 0.1) is 6.04 Å². The number of carbonyl (C=O) groups is 1. The van der Waals surface area contributed by atoms with Crippen molar-refractivity contribution >= 4 is 5.91 Å². The van der Waals surface area contributed by atoms with Crippen molar-refractivity contribution < 1.29 is 14.3 Å². The summed E-state index contributed by atoms with van der Waals surface area (Å²) in [6, 6.07) is 4.13. The van der Waals surface area contributed by atoms with E-state index in [2.05, 4.69) is 10.6 Å². The molecular formula is C13H16N2O3. The number of amides is 1. The van der Waals surface area contributed by atoms with E-state index in [1.165, 1.54) is 6.26 Å². The fourth-order valence-electron chi connectivity index (χ4n) is 2.48. The standard InChI is InChI=1S/C13H16N2O3/c1-10-11-3-2-4-14(11)5-6-15(10)13(16)12-9-17-7-8-18-12/h2-4,9-10H,5-8H2,1H3. The summed E-state index contributed by atoms with van der Waals surface area (Å²) in [6.07, 6.45) is 3.47. The normalized spacial score (nSPS) is 22.6. The molecule has 0 bridgehead atoms. The van der Waals surface area contributed by atoms with Gasteiger partial charge in [-0.25, -0.2) is 0 Å². The van der Waals surface area contributed by atoms with Crippen LogP contribution < -0.4 is 0 Å². The number of carbonyl (C=O) groups excluding carboxylic acids is 1. The molecule has 0 N–H and O–H groups in total. The lowest BCUT2D eigenvalue weighted by atomic mass is 10.1. The fraction of sp³-hybridized carbons (Fsp3) is 0.462. The Labute approximate surface area is 106 Å². The van der Waals surface area contributed by atoms with Crippen LogP contribution in [0.5, 0.6) is 0 Å². The van der Waals surface area contributed by atoms with Crippen LogP contribution in [-0.4, -0.2) is 35.1 Å². The first-order chi connectivity index (χ1) is 8.77. The van der Waals surface area contributed by atoms with E-state index < -0.39 is 0 Å². The van der Waals surface area contributed by atoms with Gasteiger partial charge >= 0.3 is 0 Å². The van der Waals surface area contributed by atoms with E-state index in [-0.39, 0.29) is 11.9 Å². The van der Waals surface area contributed by atoms with Crippen molar-refractivity contribution in [1.29, 1.82) is 0 Å². The molecule has 3 rings (SSSR count). The number of ether oxygens (including phenoxy) is 2. The van der Waals surface area contributed by atoms with E-state index in [9.17, 15) is 4.79 Å². The van der Waals surface area contributed by atoms with Crippen LogP contribution in [0.1, 0.15) is 18.7 Å². The Bertz CT molecular complexity index is 492. The lowest BCUT2D eigenvalue weighted by molar-refractivity contribution is -0.135. The summed E-state index contributed by atoms with van der Waals surface area (Å²) in [7, 11) is 0. The Balaban J connectivity index is 1.81. The summed E-state index contributed by atoms with van der Waals surface area (Å²) in [5, 5.41) is 0. The van der Waals surface area contributed by atoms with Gasteiger partial charge in [-0.3, -0.25) is 4.79 Å². The maximum atomic E-state index is 12.3. The first-order valence-electron chi connectivity index (χ1n) is 6.18. The second-order valence-corrected chi connectivity index (χ2v) is 4.50. The molecule has 0 aliphatic carbocycles. The van der Waals surface area contributed by atoms with E-state index >= 15 is 0 Å². The van der Waals surface area contributed by atoms with Gasteiger partial charge < -0.3 is 18.9 Å². The van der Waals surface area contributed by atoms with Crippen LogP contribution in [0.25, 0.3) is 0 Å². The molecule has 18 heavy (non-hydrogen) atoms. The quantitative estimate of drug-likeness (QED) is 0.752. The summed E-state index contributed by atoms with van der Waals surface area (Å²) in [5.74, 6) is 0.225. The maximum absolute atomic E-state index is 12.3. The van der Waals surface area contributed by atoms with Gasteiger partial charge in [0.25, 0.3) is 5.91 Å². The number of hydrogen-bond acceptors (Lipinski definition) is 3. The molecule has 0 radical (unpaired) electrons. The summed E-state index contributed by atoms with van der Waals surface area (Å²) in [4.78, 5) is 14.2. The van der Waals surface area contributed by atoms with E-state index in [1.807, 2.05) is 24.1 Å². The highest BCUT2D eigenvalue weighted by molar-refractivity contribution is 5.91. The van der Waals surface area contributed by atoms with Crippen LogP contribution in [0, 0.1) is 0 Å². The first-order valence-corrected chi connectivity index (χ1v) is 6.18. The smallest absolute Gasteiger partial charge is 0.292 e. The van der Waals surface area contributed by atoms with E-state index in [4.69, 9.17) is 9.47 Å². The van der Waals surface area contributed by atoms with Gasteiger partial charge in [0.1, 0.15) is 19.5 Å². The number of aromatic nitrogens is 1. The molecule has 1 unspecified atom stereocenters. The summed E-state index contributed by atoms with van der Waals surface area (Å²) in [5.41, 5.74) is 1.16. The zero-order valence-electron chi connectivity index (χ0n) is 10.3. The second-order valence-electron chi connectivity index (χ2n) is 4.50. The zero-order valence-corrected chi connectivity index (χ0v) is 10.3. The lowest BCUT2D eigenvalue weighted by Crippen LogP contribution is -2.42. The molecule has 0 spiro atoms. The van der Waals surface area contributed by atoms with Gasteiger partial charge in [0.2, 0.25) is 5.76 Å². The molecule has 1 aromatic rings. The van der Waals surface area contributed by atoms with Crippen molar-refractivity contribution in [2.45, 2.75) is 19.5 Å². The van der Waals surface area contributed by atoms with E-state index in [1.54, 1.807) is 0 Å². The third-order valence-electron chi connectivity index (χ3n) is 3.46. The molecular weight excluding hydrogens is 232 g/mol. The Kier molecular flexibility index (Phi) is 2.74. The van der Waals surface area contributed by atoms with Crippen LogP contribution in [-0.2, 0) is 20.8 Å². The van der Waals surface area contributed by atoms with Crippen molar-refractivity contribution in [3.8, 4) is 0 Å². The van der Waals surface area contributed by atoms with Crippen molar-refractivity contribution in [2.24, 2.45) is 0 Å². The molecule has 96 valence electrons. The minimum Gasteiger partial charge on any atom is -0.494 e. The average Bonchev–Trinajstić information content (AvgIpc) is 2.89. The Morgan fingerprint density at radius 2 is 2.28 bits per heavy atom. The lowest BCUT2D eigenvalue weighted by Gasteiger charge is -2.35. The minimum atomic E-state index is -0.0883. The van der Waals surface area contributed by atoms with Gasteiger partial charge in [-0.15, -0.1) is 0 Å². The molecule has 3 heterocycles. The molecule has 1 aromatic heterocycles. The molecule has 5 nitrogen and oxygen atoms in total. The number of rotatable bonds is 1. The number of nitrogens with zero attached hydrogens (tertiary/aromatic N) is 2. The van der Waals surface area contributed by atoms with Gasteiger partial charge in [-0.1, -0.05) is 0 Å². The molecule has 1 atom stereocenters. The number of hydrogen-bond donors (Lipinski definition) is 0. The minimum absolute atomic E-state index is 0.0627. The van der Waals surface area contributed by atoms with Crippen LogP contribution in [0.3, 0.4) is 0 Å². The van der Waals surface area contributed by atoms with Crippen molar-refractivity contribution in [1.82, 2.24) is 9.47 Å². The predicted molar refractivity (Wildman–Crippen MR) is 64.5 cm³/mol. The van der Waals surface area contributed by atoms with Gasteiger partial charge in [-0.2, -0.15) is 0 Å². The summed E-state index contributed by atoms with van der Waals surface area (Å²) < 4.78 is 12.7. The molecule has 2 aliphatic rings. The van der Waals surface area contributed by atoms with Crippen molar-refractivity contribution in [2.75, 3.05) is 19.8 Å². The maximum Gasteiger partial charge on any atom is 0.292 e. The van der Waals surface area contributed by atoms with E-state index in [0.29, 0.717) is 25.5 Å². The SMILES string of the molecule is CC1c2cccn2CCN1C(=O)C1=COCCO1. The zero-order chi connectivity index (χ0) is 12.5. The number of fused-ring (bicyclic) bond motifs is 1. The second kappa shape index (κ2) is 4.40. The van der Waals surface area contributed by atoms with Crippen LogP contribution >= 0.6 is 0 Å². The monoisotopic (exact) mass is 248 g/mol. The van der Waals surface area contributed by atoms with Gasteiger partial charge in [0.15, 0.2) is 0 Å². The van der Waals surface area contributed by atoms with Crippen LogP contribution in [0.15, 0.2) is 30.4 Å². The fourth-order valence-corrected chi connectivity index (χ4v) is 2.48. The Hall–Kier alpha value is -1.91. The first kappa shape index (κ1) is 11.2. The topological polar surface area (TPSA) is 43.7 Å². The Morgan fingerprint density at radius 1 is 1.39 bits per heavy atom. The molecule has 0 saturated heterocycles. The highest BCUT2D eigenvalue weighted by Crippen LogP contribution is 2.27. The van der Waals surface area contributed by atoms with E-state index in [0.717, 1.165) is 12.2 Å². The third-order valence-corrected chi connectivity index (χ3v) is 3.46. The largest absolute Gasteiger partial charge is 0.494 e. The predicted octanol–water partition coefficient (Wildman–Crippen LogP) is 1.28. The highest BCUT2D eigenvalue weighted by atomic mass is 16.6. The van der Waals surface area contributed by atoms with Crippen molar-refractivity contribution in [3.05, 3.63) is 36.0 Å². The Morgan fingerprint density at radius 3 is 3.06 bits per heavy atom. The highest BCUT2D eigenvalue weighted by Gasteiger charge is 2.30. The molecule has 2 aliphatic heterocycles. The van der Waals surface area contributed by atoms with Crippen LogP contribution in [0.2, 0.25) is 0 Å².